The fourth-order valence-electron chi connectivity index (χ4n) is 1.48. The van der Waals surface area contributed by atoms with Gasteiger partial charge in [-0.05, 0) is 25.0 Å². The molecule has 0 aliphatic rings. The van der Waals surface area contributed by atoms with Crippen molar-refractivity contribution < 1.29 is 0 Å². The molecule has 0 aromatic heterocycles. The van der Waals surface area contributed by atoms with Crippen molar-refractivity contribution in [2.45, 2.75) is 49.8 Å². The molecular weight excluding hydrogens is 238 g/mol. The summed E-state index contributed by atoms with van der Waals surface area (Å²) in [6.07, 6.45) is 0.874. The summed E-state index contributed by atoms with van der Waals surface area (Å²) in [5.41, 5.74) is 7.11. The third-order valence-corrected chi connectivity index (χ3v) is 3.72. The van der Waals surface area contributed by atoms with Crippen molar-refractivity contribution in [1.82, 2.24) is 0 Å². The van der Waals surface area contributed by atoms with E-state index in [9.17, 15) is 0 Å². The van der Waals surface area contributed by atoms with E-state index in [0.29, 0.717) is 0 Å². The predicted octanol–water partition coefficient (Wildman–Crippen LogP) is 4.12. The number of hydrogen-bond acceptors (Lipinski definition) is 2. The Labute approximate surface area is 108 Å². The van der Waals surface area contributed by atoms with Crippen LogP contribution in [0.4, 0.5) is 0 Å². The van der Waals surface area contributed by atoms with Gasteiger partial charge in [-0.3, -0.25) is 0 Å². The maximum atomic E-state index is 6.26. The lowest BCUT2D eigenvalue weighted by Gasteiger charge is -2.21. The standard InChI is InChI=1S/C13H20ClNS/c1-9(15)8-10-6-5-7-11(14)12(10)16-13(2,3)4/h5-7,9H,8,15H2,1-4H3. The SMILES string of the molecule is CC(N)Cc1cccc(Cl)c1SC(C)(C)C. The molecule has 1 unspecified atom stereocenters. The van der Waals surface area contributed by atoms with Gasteiger partial charge in [-0.2, -0.15) is 0 Å². The van der Waals surface area contributed by atoms with Gasteiger partial charge in [-0.25, -0.2) is 0 Å². The summed E-state index contributed by atoms with van der Waals surface area (Å²) in [6, 6.07) is 6.22. The van der Waals surface area contributed by atoms with Gasteiger partial charge >= 0.3 is 0 Å². The Hall–Kier alpha value is -0.180. The molecule has 0 saturated carbocycles. The molecule has 1 aromatic rings. The number of nitrogens with two attached hydrogens (primary N) is 1. The first-order valence-corrected chi connectivity index (χ1v) is 6.71. The lowest BCUT2D eigenvalue weighted by Crippen LogP contribution is -2.18. The highest BCUT2D eigenvalue weighted by molar-refractivity contribution is 8.00. The first-order chi connectivity index (χ1) is 7.29. The number of halogens is 1. The van der Waals surface area contributed by atoms with Crippen LogP contribution in [0.25, 0.3) is 0 Å². The predicted molar refractivity (Wildman–Crippen MR) is 74.4 cm³/mol. The summed E-state index contributed by atoms with van der Waals surface area (Å²) in [7, 11) is 0. The van der Waals surface area contributed by atoms with Gasteiger partial charge in [0, 0.05) is 15.7 Å². The Balaban J connectivity index is 3.03. The molecule has 16 heavy (non-hydrogen) atoms. The second-order valence-electron chi connectivity index (χ2n) is 5.12. The van der Waals surface area contributed by atoms with E-state index in [4.69, 9.17) is 17.3 Å². The fourth-order valence-corrected chi connectivity index (χ4v) is 2.85. The molecule has 0 bridgehead atoms. The third-order valence-electron chi connectivity index (χ3n) is 2.00. The van der Waals surface area contributed by atoms with Crippen molar-refractivity contribution in [2.75, 3.05) is 0 Å². The van der Waals surface area contributed by atoms with Gasteiger partial charge in [0.15, 0.2) is 0 Å². The maximum absolute atomic E-state index is 6.26. The quantitative estimate of drug-likeness (QED) is 0.825. The molecular formula is C13H20ClNS. The van der Waals surface area contributed by atoms with E-state index < -0.39 is 0 Å². The Morgan fingerprint density at radius 3 is 2.50 bits per heavy atom. The summed E-state index contributed by atoms with van der Waals surface area (Å²) >= 11 is 8.07. The van der Waals surface area contributed by atoms with Crippen LogP contribution in [0.2, 0.25) is 5.02 Å². The average Bonchev–Trinajstić information content (AvgIpc) is 2.08. The van der Waals surface area contributed by atoms with E-state index in [-0.39, 0.29) is 10.8 Å². The minimum absolute atomic E-state index is 0.164. The first-order valence-electron chi connectivity index (χ1n) is 5.51. The van der Waals surface area contributed by atoms with E-state index in [1.54, 1.807) is 0 Å². The highest BCUT2D eigenvalue weighted by Crippen LogP contribution is 2.39. The van der Waals surface area contributed by atoms with Crippen molar-refractivity contribution in [1.29, 1.82) is 0 Å². The lowest BCUT2D eigenvalue weighted by atomic mass is 10.1. The van der Waals surface area contributed by atoms with E-state index >= 15 is 0 Å². The second kappa shape index (κ2) is 5.44. The summed E-state index contributed by atoms with van der Waals surface area (Å²) in [6.45, 7) is 8.59. The molecule has 0 saturated heterocycles. The largest absolute Gasteiger partial charge is 0.328 e. The summed E-state index contributed by atoms with van der Waals surface area (Å²) in [5, 5.41) is 0.832. The summed E-state index contributed by atoms with van der Waals surface area (Å²) < 4.78 is 0.164. The van der Waals surface area contributed by atoms with Crippen molar-refractivity contribution in [3.05, 3.63) is 28.8 Å². The van der Waals surface area contributed by atoms with Crippen LogP contribution < -0.4 is 5.73 Å². The van der Waals surface area contributed by atoms with Crippen LogP contribution in [0.3, 0.4) is 0 Å². The van der Waals surface area contributed by atoms with Gasteiger partial charge in [0.2, 0.25) is 0 Å². The van der Waals surface area contributed by atoms with Crippen LogP contribution in [0.15, 0.2) is 23.1 Å². The van der Waals surface area contributed by atoms with Gasteiger partial charge in [-0.15, -0.1) is 11.8 Å². The smallest absolute Gasteiger partial charge is 0.0544 e. The normalized spacial score (nSPS) is 13.9. The van der Waals surface area contributed by atoms with Gasteiger partial charge in [0.05, 0.1) is 5.02 Å². The maximum Gasteiger partial charge on any atom is 0.0544 e. The van der Waals surface area contributed by atoms with Gasteiger partial charge in [0.1, 0.15) is 0 Å². The molecule has 0 aliphatic heterocycles. The zero-order valence-electron chi connectivity index (χ0n) is 10.4. The van der Waals surface area contributed by atoms with Crippen LogP contribution >= 0.6 is 23.4 Å². The highest BCUT2D eigenvalue weighted by atomic mass is 35.5. The molecule has 0 aliphatic carbocycles. The van der Waals surface area contributed by atoms with Crippen molar-refractivity contribution in [2.24, 2.45) is 5.73 Å². The minimum Gasteiger partial charge on any atom is -0.328 e. The van der Waals surface area contributed by atoms with Crippen molar-refractivity contribution >= 4 is 23.4 Å². The molecule has 0 amide bonds. The molecule has 2 N–H and O–H groups in total. The van der Waals surface area contributed by atoms with Crippen LogP contribution in [-0.4, -0.2) is 10.8 Å². The number of hydrogen-bond donors (Lipinski definition) is 1. The third kappa shape index (κ3) is 4.36. The number of rotatable bonds is 3. The lowest BCUT2D eigenvalue weighted by molar-refractivity contribution is 0.727. The highest BCUT2D eigenvalue weighted by Gasteiger charge is 2.17. The van der Waals surface area contributed by atoms with Crippen LogP contribution in [0, 0.1) is 0 Å². The summed E-state index contributed by atoms with van der Waals surface area (Å²) in [5.74, 6) is 0. The number of thioether (sulfide) groups is 1. The van der Waals surface area contributed by atoms with E-state index in [1.807, 2.05) is 30.8 Å². The minimum atomic E-state index is 0.164. The molecule has 1 atom stereocenters. The van der Waals surface area contributed by atoms with Crippen LogP contribution in [-0.2, 0) is 6.42 Å². The molecule has 3 heteroatoms. The average molecular weight is 258 g/mol. The van der Waals surface area contributed by atoms with E-state index in [2.05, 4.69) is 26.8 Å². The molecule has 1 rings (SSSR count). The van der Waals surface area contributed by atoms with E-state index in [1.165, 1.54) is 10.5 Å². The zero-order valence-corrected chi connectivity index (χ0v) is 12.0. The Morgan fingerprint density at radius 1 is 1.38 bits per heavy atom. The van der Waals surface area contributed by atoms with Crippen LogP contribution in [0.1, 0.15) is 33.3 Å². The second-order valence-corrected chi connectivity index (χ2v) is 7.37. The molecule has 0 radical (unpaired) electrons. The fraction of sp³-hybridized carbons (Fsp3) is 0.538. The molecule has 1 aromatic carbocycles. The summed E-state index contributed by atoms with van der Waals surface area (Å²) in [4.78, 5) is 1.17. The monoisotopic (exact) mass is 257 g/mol. The van der Waals surface area contributed by atoms with Crippen molar-refractivity contribution in [3.8, 4) is 0 Å². The van der Waals surface area contributed by atoms with Gasteiger partial charge in [0.25, 0.3) is 0 Å². The van der Waals surface area contributed by atoms with E-state index in [0.717, 1.165) is 11.4 Å². The molecule has 0 spiro atoms. The molecule has 1 nitrogen and oxygen atoms in total. The Kier molecular flexibility index (Phi) is 4.72. The van der Waals surface area contributed by atoms with Crippen molar-refractivity contribution in [3.63, 3.8) is 0 Å². The zero-order chi connectivity index (χ0) is 12.3. The molecule has 0 fully saturated rings. The topological polar surface area (TPSA) is 26.0 Å². The van der Waals surface area contributed by atoms with Crippen LogP contribution in [0.5, 0.6) is 0 Å². The first kappa shape index (κ1) is 13.9. The molecule has 90 valence electrons. The molecule has 0 heterocycles. The van der Waals surface area contributed by atoms with Gasteiger partial charge < -0.3 is 5.73 Å². The van der Waals surface area contributed by atoms with Gasteiger partial charge in [-0.1, -0.05) is 44.5 Å². The Morgan fingerprint density at radius 2 is 2.00 bits per heavy atom. The number of benzene rings is 1. The Bertz CT molecular complexity index is 355.